The van der Waals surface area contributed by atoms with Crippen LogP contribution in [0.2, 0.25) is 0 Å². The van der Waals surface area contributed by atoms with Gasteiger partial charge in [0.2, 0.25) is 11.8 Å². The highest BCUT2D eigenvalue weighted by molar-refractivity contribution is 5.77. The van der Waals surface area contributed by atoms with Crippen LogP contribution in [0.15, 0.2) is 6.33 Å². The highest BCUT2D eigenvalue weighted by atomic mass is 16.5. The number of nitrogens with two attached hydrogens (primary N) is 1. The Bertz CT molecular complexity index is 615. The molecule has 1 aliphatic rings. The van der Waals surface area contributed by atoms with Crippen LogP contribution in [-0.4, -0.2) is 44.9 Å². The summed E-state index contributed by atoms with van der Waals surface area (Å²) in [6, 6.07) is 0. The molecule has 3 N–H and O–H groups in total. The number of hydrogen-bond donors (Lipinski definition) is 2. The van der Waals surface area contributed by atoms with E-state index in [2.05, 4.69) is 28.8 Å². The SMILES string of the molecule is CO.COc1nc(N)nc2c1ncn2[C@@H]1O[C@H](C)CC1C. The minimum Gasteiger partial charge on any atom is -0.479 e. The van der Waals surface area contributed by atoms with Crippen molar-refractivity contribution in [3.8, 4) is 5.88 Å². The van der Waals surface area contributed by atoms with Gasteiger partial charge in [-0.3, -0.25) is 4.57 Å². The van der Waals surface area contributed by atoms with Crippen molar-refractivity contribution in [1.82, 2.24) is 19.5 Å². The molecule has 1 aliphatic heterocycles. The van der Waals surface area contributed by atoms with Crippen LogP contribution in [-0.2, 0) is 4.74 Å². The first-order chi connectivity index (χ1) is 10.1. The van der Waals surface area contributed by atoms with Gasteiger partial charge >= 0.3 is 0 Å². The monoisotopic (exact) mass is 295 g/mol. The van der Waals surface area contributed by atoms with Gasteiger partial charge in [0.25, 0.3) is 0 Å². The van der Waals surface area contributed by atoms with Crippen molar-refractivity contribution in [3.63, 3.8) is 0 Å². The molecule has 3 atom stereocenters. The smallest absolute Gasteiger partial charge is 0.246 e. The van der Waals surface area contributed by atoms with Crippen LogP contribution in [0.5, 0.6) is 5.88 Å². The number of nitrogen functional groups attached to an aromatic ring is 1. The van der Waals surface area contributed by atoms with Crippen LogP contribution >= 0.6 is 0 Å². The minimum atomic E-state index is -0.0704. The quantitative estimate of drug-likeness (QED) is 0.849. The molecule has 3 heterocycles. The molecular formula is C13H21N5O3. The molecule has 2 aromatic rings. The van der Waals surface area contributed by atoms with Crippen LogP contribution in [0, 0.1) is 5.92 Å². The first kappa shape index (κ1) is 15.5. The summed E-state index contributed by atoms with van der Waals surface area (Å²) in [6.45, 7) is 4.22. The van der Waals surface area contributed by atoms with Crippen molar-refractivity contribution < 1.29 is 14.6 Å². The van der Waals surface area contributed by atoms with E-state index in [0.29, 0.717) is 23.0 Å². The summed E-state index contributed by atoms with van der Waals surface area (Å²) in [5, 5.41) is 7.00. The van der Waals surface area contributed by atoms with E-state index in [1.807, 2.05) is 4.57 Å². The Hall–Kier alpha value is -1.93. The maximum Gasteiger partial charge on any atom is 0.246 e. The number of ether oxygens (including phenoxy) is 2. The number of aliphatic hydroxyl groups excluding tert-OH is 1. The van der Waals surface area contributed by atoms with Crippen molar-refractivity contribution in [2.75, 3.05) is 20.0 Å². The molecule has 0 bridgehead atoms. The van der Waals surface area contributed by atoms with Crippen molar-refractivity contribution >= 4 is 17.1 Å². The van der Waals surface area contributed by atoms with E-state index >= 15 is 0 Å². The molecule has 0 radical (unpaired) electrons. The van der Waals surface area contributed by atoms with Gasteiger partial charge in [-0.25, -0.2) is 4.98 Å². The van der Waals surface area contributed by atoms with Crippen molar-refractivity contribution in [3.05, 3.63) is 6.33 Å². The summed E-state index contributed by atoms with van der Waals surface area (Å²) in [5.74, 6) is 0.958. The molecule has 0 spiro atoms. The molecule has 0 aromatic carbocycles. The van der Waals surface area contributed by atoms with E-state index in [1.165, 1.54) is 7.11 Å². The fourth-order valence-corrected chi connectivity index (χ4v) is 2.64. The van der Waals surface area contributed by atoms with E-state index in [1.54, 1.807) is 6.33 Å². The first-order valence-corrected chi connectivity index (χ1v) is 6.74. The second-order valence-electron chi connectivity index (χ2n) is 4.97. The van der Waals surface area contributed by atoms with Gasteiger partial charge in [0.15, 0.2) is 11.2 Å². The molecule has 1 saturated heterocycles. The molecule has 8 heteroatoms. The average molecular weight is 295 g/mol. The Morgan fingerprint density at radius 1 is 1.38 bits per heavy atom. The van der Waals surface area contributed by atoms with Gasteiger partial charge in [-0.05, 0) is 13.3 Å². The Kier molecular flexibility index (Phi) is 4.59. The Balaban J connectivity index is 0.000000774. The molecule has 0 saturated carbocycles. The molecule has 8 nitrogen and oxygen atoms in total. The predicted octanol–water partition coefficient (Wildman–Crippen LogP) is 0.969. The number of fused-ring (bicyclic) bond motifs is 1. The summed E-state index contributed by atoms with van der Waals surface area (Å²) < 4.78 is 13.0. The molecule has 0 aliphatic carbocycles. The van der Waals surface area contributed by atoms with Gasteiger partial charge in [-0.1, -0.05) is 6.92 Å². The highest BCUT2D eigenvalue weighted by Gasteiger charge is 2.32. The van der Waals surface area contributed by atoms with Gasteiger partial charge in [-0.15, -0.1) is 0 Å². The number of nitrogens with zero attached hydrogens (tertiary/aromatic N) is 4. The number of imidazole rings is 1. The molecular weight excluding hydrogens is 274 g/mol. The molecule has 1 fully saturated rings. The fraction of sp³-hybridized carbons (Fsp3) is 0.615. The van der Waals surface area contributed by atoms with Crippen molar-refractivity contribution in [2.24, 2.45) is 5.92 Å². The number of methoxy groups -OCH3 is 1. The standard InChI is InChI=1S/C12H17N5O2.CH4O/c1-6-4-7(2)19-11(6)17-5-14-8-9(17)15-12(13)16-10(8)18-3;1-2/h5-7,11H,4H2,1-3H3,(H2,13,15,16);2H,1H3/t6?,7-,11-;/m1./s1. The Morgan fingerprint density at radius 3 is 2.67 bits per heavy atom. The summed E-state index contributed by atoms with van der Waals surface area (Å²) in [5.41, 5.74) is 6.96. The number of aliphatic hydroxyl groups is 1. The molecule has 2 aromatic heterocycles. The molecule has 21 heavy (non-hydrogen) atoms. The topological polar surface area (TPSA) is 108 Å². The second-order valence-corrected chi connectivity index (χ2v) is 4.97. The predicted molar refractivity (Wildman–Crippen MR) is 77.8 cm³/mol. The van der Waals surface area contributed by atoms with Crippen LogP contribution in [0.25, 0.3) is 11.2 Å². The van der Waals surface area contributed by atoms with E-state index in [-0.39, 0.29) is 18.3 Å². The summed E-state index contributed by atoms with van der Waals surface area (Å²) in [4.78, 5) is 12.6. The molecule has 0 amide bonds. The third-order valence-corrected chi connectivity index (χ3v) is 3.44. The maximum atomic E-state index is 7.00. The van der Waals surface area contributed by atoms with Gasteiger partial charge in [0.1, 0.15) is 6.23 Å². The number of anilines is 1. The normalized spacial score (nSPS) is 24.7. The third-order valence-electron chi connectivity index (χ3n) is 3.44. The van der Waals surface area contributed by atoms with Gasteiger partial charge in [0.05, 0.1) is 19.5 Å². The zero-order valence-electron chi connectivity index (χ0n) is 12.6. The second kappa shape index (κ2) is 6.23. The van der Waals surface area contributed by atoms with Gasteiger partial charge < -0.3 is 20.3 Å². The lowest BCUT2D eigenvalue weighted by Crippen LogP contribution is -2.14. The minimum absolute atomic E-state index is 0.0704. The van der Waals surface area contributed by atoms with E-state index < -0.39 is 0 Å². The van der Waals surface area contributed by atoms with E-state index in [9.17, 15) is 0 Å². The summed E-state index contributed by atoms with van der Waals surface area (Å²) >= 11 is 0. The lowest BCUT2D eigenvalue weighted by Gasteiger charge is -2.17. The Morgan fingerprint density at radius 2 is 2.10 bits per heavy atom. The molecule has 1 unspecified atom stereocenters. The maximum absolute atomic E-state index is 7.00. The van der Waals surface area contributed by atoms with Crippen molar-refractivity contribution in [1.29, 1.82) is 0 Å². The van der Waals surface area contributed by atoms with E-state index in [0.717, 1.165) is 13.5 Å². The lowest BCUT2D eigenvalue weighted by molar-refractivity contribution is -0.0000959. The average Bonchev–Trinajstić information content (AvgIpc) is 3.03. The Labute approximate surface area is 122 Å². The zero-order chi connectivity index (χ0) is 15.6. The lowest BCUT2D eigenvalue weighted by atomic mass is 10.1. The number of rotatable bonds is 2. The molecule has 3 rings (SSSR count). The van der Waals surface area contributed by atoms with Gasteiger partial charge in [0, 0.05) is 13.0 Å². The third kappa shape index (κ3) is 2.77. The fourth-order valence-electron chi connectivity index (χ4n) is 2.64. The van der Waals surface area contributed by atoms with Crippen LogP contribution in [0.4, 0.5) is 5.95 Å². The number of hydrogen-bond acceptors (Lipinski definition) is 7. The van der Waals surface area contributed by atoms with Gasteiger partial charge in [-0.2, -0.15) is 9.97 Å². The first-order valence-electron chi connectivity index (χ1n) is 6.74. The number of aromatic nitrogens is 4. The van der Waals surface area contributed by atoms with Crippen LogP contribution in [0.3, 0.4) is 0 Å². The van der Waals surface area contributed by atoms with E-state index in [4.69, 9.17) is 20.3 Å². The largest absolute Gasteiger partial charge is 0.479 e. The molecule has 116 valence electrons. The summed E-state index contributed by atoms with van der Waals surface area (Å²) in [7, 11) is 2.54. The van der Waals surface area contributed by atoms with Crippen LogP contribution < -0.4 is 10.5 Å². The van der Waals surface area contributed by atoms with Crippen molar-refractivity contribution in [2.45, 2.75) is 32.6 Å². The zero-order valence-corrected chi connectivity index (χ0v) is 12.6. The summed E-state index contributed by atoms with van der Waals surface area (Å²) in [6.07, 6.45) is 2.89. The van der Waals surface area contributed by atoms with Crippen LogP contribution in [0.1, 0.15) is 26.5 Å². The highest BCUT2D eigenvalue weighted by Crippen LogP contribution is 2.36.